The zero-order valence-corrected chi connectivity index (χ0v) is 13.7. The first-order valence-corrected chi connectivity index (χ1v) is 9.49. The van der Waals surface area contributed by atoms with Crippen molar-refractivity contribution in [3.63, 3.8) is 0 Å². The number of piperidine rings is 1. The molecule has 21 heavy (non-hydrogen) atoms. The van der Waals surface area contributed by atoms with E-state index in [0.29, 0.717) is 13.1 Å². The molecule has 1 saturated heterocycles. The van der Waals surface area contributed by atoms with Crippen molar-refractivity contribution in [1.29, 1.82) is 0 Å². The number of nitrogens with zero attached hydrogens (tertiary/aromatic N) is 1. The van der Waals surface area contributed by atoms with Crippen LogP contribution >= 0.6 is 0 Å². The Hall–Kier alpha value is -0.910. The molecule has 1 N–H and O–H groups in total. The van der Waals surface area contributed by atoms with Crippen molar-refractivity contribution >= 4 is 10.0 Å². The average Bonchev–Trinajstić information content (AvgIpc) is 2.48. The van der Waals surface area contributed by atoms with Gasteiger partial charge in [0, 0.05) is 19.6 Å². The maximum atomic E-state index is 12.4. The van der Waals surface area contributed by atoms with Crippen LogP contribution in [0, 0.1) is 0 Å². The summed E-state index contributed by atoms with van der Waals surface area (Å²) in [5.41, 5.74) is 2.03. The highest BCUT2D eigenvalue weighted by molar-refractivity contribution is 7.88. The van der Waals surface area contributed by atoms with Crippen LogP contribution in [0.4, 0.5) is 0 Å². The summed E-state index contributed by atoms with van der Waals surface area (Å²) in [5.74, 6) is 0.120. The molecular weight excluding hydrogens is 284 g/mol. The molecule has 1 fully saturated rings. The zero-order chi connectivity index (χ0) is 15.1. The van der Waals surface area contributed by atoms with Crippen molar-refractivity contribution in [2.75, 3.05) is 19.6 Å². The Kier molecular flexibility index (Phi) is 6.21. The minimum absolute atomic E-state index is 0.120. The van der Waals surface area contributed by atoms with Gasteiger partial charge in [0.05, 0.1) is 5.75 Å². The minimum atomic E-state index is -3.17. The monoisotopic (exact) mass is 310 g/mol. The predicted molar refractivity (Wildman–Crippen MR) is 86.5 cm³/mol. The molecule has 118 valence electrons. The molecule has 0 aliphatic carbocycles. The summed E-state index contributed by atoms with van der Waals surface area (Å²) in [6.07, 6.45) is 4.22. The number of sulfonamides is 1. The molecule has 0 aromatic heterocycles. The lowest BCUT2D eigenvalue weighted by Gasteiger charge is -2.25. The van der Waals surface area contributed by atoms with E-state index in [-0.39, 0.29) is 5.75 Å². The second-order valence-corrected chi connectivity index (χ2v) is 7.68. The predicted octanol–water partition coefficient (Wildman–Crippen LogP) is 2.50. The van der Waals surface area contributed by atoms with Crippen molar-refractivity contribution in [1.82, 2.24) is 9.62 Å². The minimum Gasteiger partial charge on any atom is -0.313 e. The number of hydrogen-bond donors (Lipinski definition) is 1. The van der Waals surface area contributed by atoms with Gasteiger partial charge in [-0.25, -0.2) is 12.7 Å². The van der Waals surface area contributed by atoms with Crippen LogP contribution in [0.1, 0.15) is 43.7 Å². The van der Waals surface area contributed by atoms with Crippen LogP contribution in [0.25, 0.3) is 0 Å². The van der Waals surface area contributed by atoms with Crippen molar-refractivity contribution in [3.8, 4) is 0 Å². The normalized spacial score (nSPS) is 17.0. The number of benzene rings is 1. The highest BCUT2D eigenvalue weighted by atomic mass is 32.2. The summed E-state index contributed by atoms with van der Waals surface area (Å²) >= 11 is 0. The van der Waals surface area contributed by atoms with Gasteiger partial charge in [0.2, 0.25) is 10.0 Å². The molecule has 0 spiro atoms. The summed E-state index contributed by atoms with van der Waals surface area (Å²) in [6, 6.07) is 7.90. The third-order valence-corrected chi connectivity index (χ3v) is 5.65. The van der Waals surface area contributed by atoms with E-state index in [1.165, 1.54) is 0 Å². The van der Waals surface area contributed by atoms with Gasteiger partial charge in [-0.3, -0.25) is 0 Å². The number of rotatable bonds is 7. The maximum Gasteiger partial charge on any atom is 0.218 e. The van der Waals surface area contributed by atoms with Gasteiger partial charge in [0.1, 0.15) is 0 Å². The van der Waals surface area contributed by atoms with Crippen LogP contribution in [0.2, 0.25) is 0 Å². The van der Waals surface area contributed by atoms with Gasteiger partial charge in [-0.1, -0.05) is 37.6 Å². The Morgan fingerprint density at radius 1 is 1.14 bits per heavy atom. The highest BCUT2D eigenvalue weighted by Gasteiger charge is 2.24. The molecule has 0 atom stereocenters. The number of nitrogens with one attached hydrogen (secondary N) is 1. The van der Waals surface area contributed by atoms with Gasteiger partial charge in [0.15, 0.2) is 0 Å². The van der Waals surface area contributed by atoms with Gasteiger partial charge in [-0.15, -0.1) is 0 Å². The molecule has 1 aliphatic heterocycles. The van der Waals surface area contributed by atoms with Gasteiger partial charge in [-0.05, 0) is 36.9 Å². The molecule has 0 amide bonds. The Bertz CT molecular complexity index is 537. The molecule has 0 unspecified atom stereocenters. The van der Waals surface area contributed by atoms with Gasteiger partial charge < -0.3 is 5.32 Å². The van der Waals surface area contributed by atoms with E-state index in [2.05, 4.69) is 12.2 Å². The fourth-order valence-corrected chi connectivity index (χ4v) is 4.28. The lowest BCUT2D eigenvalue weighted by Crippen LogP contribution is -2.36. The molecule has 5 heteroatoms. The van der Waals surface area contributed by atoms with Crippen molar-refractivity contribution < 1.29 is 8.42 Å². The average molecular weight is 310 g/mol. The summed E-state index contributed by atoms with van der Waals surface area (Å²) in [4.78, 5) is 0. The van der Waals surface area contributed by atoms with Crippen LogP contribution in [-0.4, -0.2) is 32.4 Å². The molecule has 1 aliphatic rings. The maximum absolute atomic E-state index is 12.4. The van der Waals surface area contributed by atoms with Crippen LogP contribution in [0.3, 0.4) is 0 Å². The first-order valence-electron chi connectivity index (χ1n) is 7.88. The Morgan fingerprint density at radius 3 is 2.57 bits per heavy atom. The van der Waals surface area contributed by atoms with Crippen molar-refractivity contribution in [3.05, 3.63) is 35.4 Å². The summed E-state index contributed by atoms with van der Waals surface area (Å²) < 4.78 is 26.5. The fraction of sp³-hybridized carbons (Fsp3) is 0.625. The van der Waals surface area contributed by atoms with E-state index in [4.69, 9.17) is 0 Å². The summed E-state index contributed by atoms with van der Waals surface area (Å²) in [5, 5.41) is 3.34. The van der Waals surface area contributed by atoms with Crippen LogP contribution in [0.5, 0.6) is 0 Å². The quantitative estimate of drug-likeness (QED) is 0.787. The zero-order valence-electron chi connectivity index (χ0n) is 12.8. The Morgan fingerprint density at radius 2 is 1.86 bits per heavy atom. The van der Waals surface area contributed by atoms with Crippen LogP contribution < -0.4 is 5.32 Å². The molecule has 1 heterocycles. The van der Waals surface area contributed by atoms with Gasteiger partial charge >= 0.3 is 0 Å². The molecule has 0 saturated carbocycles. The molecule has 4 nitrogen and oxygen atoms in total. The van der Waals surface area contributed by atoms with Crippen LogP contribution in [-0.2, 0) is 22.3 Å². The largest absolute Gasteiger partial charge is 0.313 e. The molecule has 1 aromatic rings. The SMILES string of the molecule is CCCNCc1cccc(CS(=O)(=O)N2CCCCC2)c1. The van der Waals surface area contributed by atoms with Gasteiger partial charge in [-0.2, -0.15) is 0 Å². The molecular formula is C16H26N2O2S. The van der Waals surface area contributed by atoms with E-state index in [1.807, 2.05) is 24.3 Å². The fourth-order valence-electron chi connectivity index (χ4n) is 2.68. The molecule has 1 aromatic carbocycles. The summed E-state index contributed by atoms with van der Waals surface area (Å²) in [7, 11) is -3.17. The topological polar surface area (TPSA) is 49.4 Å². The molecule has 0 bridgehead atoms. The summed E-state index contributed by atoms with van der Waals surface area (Å²) in [6.45, 7) is 5.27. The van der Waals surface area contributed by atoms with E-state index in [9.17, 15) is 8.42 Å². The second kappa shape index (κ2) is 7.92. The van der Waals surface area contributed by atoms with Crippen molar-refractivity contribution in [2.24, 2.45) is 0 Å². The van der Waals surface area contributed by atoms with E-state index in [0.717, 1.165) is 49.9 Å². The number of hydrogen-bond acceptors (Lipinski definition) is 3. The van der Waals surface area contributed by atoms with Crippen molar-refractivity contribution in [2.45, 2.75) is 44.9 Å². The lowest BCUT2D eigenvalue weighted by molar-refractivity contribution is 0.346. The Balaban J connectivity index is 1.99. The molecule has 2 rings (SSSR count). The smallest absolute Gasteiger partial charge is 0.218 e. The third kappa shape index (κ3) is 5.09. The second-order valence-electron chi connectivity index (χ2n) is 5.71. The highest BCUT2D eigenvalue weighted by Crippen LogP contribution is 2.17. The first kappa shape index (κ1) is 16.5. The standard InChI is InChI=1S/C16H26N2O2S/c1-2-9-17-13-15-7-6-8-16(12-15)14-21(19,20)18-10-4-3-5-11-18/h6-8,12,17H,2-5,9-11,13-14H2,1H3. The molecule has 0 radical (unpaired) electrons. The first-order chi connectivity index (χ1) is 10.1. The van der Waals surface area contributed by atoms with E-state index >= 15 is 0 Å². The van der Waals surface area contributed by atoms with E-state index in [1.54, 1.807) is 4.31 Å². The van der Waals surface area contributed by atoms with Gasteiger partial charge in [0.25, 0.3) is 0 Å². The van der Waals surface area contributed by atoms with E-state index < -0.39 is 10.0 Å². The Labute approximate surface area is 128 Å². The lowest BCUT2D eigenvalue weighted by atomic mass is 10.1. The third-order valence-electron chi connectivity index (χ3n) is 3.80. The van der Waals surface area contributed by atoms with Crippen LogP contribution in [0.15, 0.2) is 24.3 Å².